The number of benzene rings is 1. The molecular weight excluding hydrogens is 767 g/mol. The number of allylic oxidation sites excluding steroid dienone is 2. The summed E-state index contributed by atoms with van der Waals surface area (Å²) in [5, 5.41) is 16.4. The van der Waals surface area contributed by atoms with Crippen molar-refractivity contribution in [3.05, 3.63) is 80.5 Å². The first-order chi connectivity index (χ1) is 29.0. The van der Waals surface area contributed by atoms with E-state index in [1.807, 2.05) is 55.3 Å². The normalized spacial score (nSPS) is 21.2. The minimum absolute atomic E-state index is 0.0182. The van der Waals surface area contributed by atoms with Crippen LogP contribution in [0.2, 0.25) is 0 Å². The molecule has 9 rings (SSSR count). The number of likely N-dealkylation sites (N-methyl/N-ethyl adjacent to an activating group) is 1. The third-order valence-corrected chi connectivity index (χ3v) is 13.0. The van der Waals surface area contributed by atoms with Gasteiger partial charge in [-0.2, -0.15) is 0 Å². The van der Waals surface area contributed by atoms with Crippen LogP contribution in [0.1, 0.15) is 73.3 Å². The number of carbonyl (C=O) groups is 3. The molecule has 1 aliphatic carbocycles. The number of esters is 1. The molecule has 5 aliphatic heterocycles. The number of aliphatic hydroxyl groups excluding tert-OH is 1. The molecule has 2 aromatic heterocycles. The summed E-state index contributed by atoms with van der Waals surface area (Å²) in [6.45, 7) is 6.20. The van der Waals surface area contributed by atoms with Gasteiger partial charge in [-0.3, -0.25) is 24.9 Å². The Kier molecular flexibility index (Phi) is 11.0. The molecule has 0 bridgehead atoms. The maximum atomic E-state index is 13.7. The van der Waals surface area contributed by atoms with Gasteiger partial charge < -0.3 is 39.2 Å². The van der Waals surface area contributed by atoms with Gasteiger partial charge in [-0.25, -0.2) is 14.6 Å². The van der Waals surface area contributed by atoms with Gasteiger partial charge >= 0.3 is 12.1 Å². The van der Waals surface area contributed by atoms with Gasteiger partial charge in [0.15, 0.2) is 6.10 Å². The maximum absolute atomic E-state index is 13.7. The number of pyridine rings is 2. The number of hydrogen-bond acceptors (Lipinski definition) is 13. The number of hydrogen-bond donors (Lipinski definition) is 3. The number of piperidine rings is 1. The van der Waals surface area contributed by atoms with E-state index in [1.54, 1.807) is 21.6 Å². The highest BCUT2D eigenvalue weighted by atomic mass is 16.6. The van der Waals surface area contributed by atoms with Gasteiger partial charge in [-0.1, -0.05) is 19.3 Å². The van der Waals surface area contributed by atoms with Gasteiger partial charge in [0.2, 0.25) is 0 Å². The van der Waals surface area contributed by atoms with Crippen LogP contribution in [-0.4, -0.2) is 130 Å². The molecule has 1 atom stereocenters. The number of cyclic esters (lactones) is 1. The lowest BCUT2D eigenvalue weighted by molar-refractivity contribution is -0.157. The smallest absolute Gasteiger partial charge is 0.415 e. The number of fused-ring (bicyclic) bond motifs is 5. The van der Waals surface area contributed by atoms with Crippen molar-refractivity contribution in [3.63, 3.8) is 0 Å². The summed E-state index contributed by atoms with van der Waals surface area (Å²) in [5.41, 5.74) is 7.78. The Bertz CT molecular complexity index is 2320. The molecular formula is C44H55N9O7. The fourth-order valence-corrected chi connectivity index (χ4v) is 9.66. The molecule has 1 saturated carbocycles. The highest BCUT2D eigenvalue weighted by Crippen LogP contribution is 2.38. The molecule has 318 valence electrons. The van der Waals surface area contributed by atoms with Crippen LogP contribution >= 0.6 is 0 Å². The summed E-state index contributed by atoms with van der Waals surface area (Å²) >= 11 is 0. The fourth-order valence-electron chi connectivity index (χ4n) is 9.66. The fraction of sp³-hybridized carbons (Fsp3) is 0.523. The van der Waals surface area contributed by atoms with Crippen LogP contribution in [0.5, 0.6) is 5.75 Å². The van der Waals surface area contributed by atoms with Crippen molar-refractivity contribution in [1.29, 1.82) is 0 Å². The number of amides is 2. The number of aliphatic hydroxyl groups is 1. The van der Waals surface area contributed by atoms with E-state index in [0.717, 1.165) is 80.7 Å². The molecule has 0 unspecified atom stereocenters. The summed E-state index contributed by atoms with van der Waals surface area (Å²) < 4.78 is 12.8. The summed E-state index contributed by atoms with van der Waals surface area (Å²) in [4.78, 5) is 65.8. The SMILES string of the molecule is CN(C)Cc1c(OC(=O)N2CCN(CC3CCN(C4=CC=C(C(=O)NC5CCCCC5)N(C)N4)CC3)CC2)ccc2nc3c(cc12)Cn1c-3cc2c(c1=O)COC(=O)[C@H]2O. The first-order valence-electron chi connectivity index (χ1n) is 21.4. The van der Waals surface area contributed by atoms with E-state index in [1.165, 1.54) is 19.3 Å². The van der Waals surface area contributed by atoms with E-state index < -0.39 is 12.1 Å². The Balaban J connectivity index is 0.799. The quantitative estimate of drug-likeness (QED) is 0.223. The first kappa shape index (κ1) is 40.0. The van der Waals surface area contributed by atoms with E-state index in [2.05, 4.69) is 20.5 Å². The van der Waals surface area contributed by atoms with E-state index in [4.69, 9.17) is 14.5 Å². The Morgan fingerprint density at radius 1 is 1.00 bits per heavy atom. The van der Waals surface area contributed by atoms with Crippen molar-refractivity contribution in [2.75, 3.05) is 67.0 Å². The van der Waals surface area contributed by atoms with Gasteiger partial charge in [0.1, 0.15) is 23.9 Å². The first-order valence-corrected chi connectivity index (χ1v) is 21.4. The van der Waals surface area contributed by atoms with E-state index >= 15 is 0 Å². The van der Waals surface area contributed by atoms with Gasteiger partial charge in [-0.15, -0.1) is 0 Å². The molecule has 16 heteroatoms. The third kappa shape index (κ3) is 7.83. The number of rotatable bonds is 8. The monoisotopic (exact) mass is 821 g/mol. The lowest BCUT2D eigenvalue weighted by atomic mass is 9.95. The highest BCUT2D eigenvalue weighted by molar-refractivity contribution is 5.93. The average molecular weight is 822 g/mol. The number of nitrogens with zero attached hydrogens (tertiary/aromatic N) is 7. The number of nitrogens with one attached hydrogen (secondary N) is 2. The summed E-state index contributed by atoms with van der Waals surface area (Å²) in [7, 11) is 5.82. The zero-order valence-electron chi connectivity index (χ0n) is 34.7. The van der Waals surface area contributed by atoms with Crippen LogP contribution in [0, 0.1) is 5.92 Å². The zero-order valence-corrected chi connectivity index (χ0v) is 34.7. The van der Waals surface area contributed by atoms with E-state index in [0.29, 0.717) is 53.9 Å². The average Bonchev–Trinajstić information content (AvgIpc) is 3.61. The Hall–Kier alpha value is -5.45. The van der Waals surface area contributed by atoms with Crippen molar-refractivity contribution in [2.24, 2.45) is 5.92 Å². The van der Waals surface area contributed by atoms with Crippen molar-refractivity contribution < 1.29 is 29.0 Å². The van der Waals surface area contributed by atoms with Gasteiger partial charge in [0, 0.05) is 87.5 Å². The van der Waals surface area contributed by atoms with Crippen LogP contribution in [0.4, 0.5) is 4.79 Å². The molecule has 16 nitrogen and oxygen atoms in total. The summed E-state index contributed by atoms with van der Waals surface area (Å²) in [6.07, 6.45) is 9.95. The topological polar surface area (TPSA) is 165 Å². The lowest BCUT2D eigenvalue weighted by Gasteiger charge is -2.41. The molecule has 0 spiro atoms. The van der Waals surface area contributed by atoms with Crippen molar-refractivity contribution in [2.45, 2.75) is 76.8 Å². The second-order valence-electron chi connectivity index (χ2n) is 17.4. The van der Waals surface area contributed by atoms with Crippen LogP contribution in [-0.2, 0) is 34.0 Å². The van der Waals surface area contributed by atoms with Crippen molar-refractivity contribution >= 4 is 28.9 Å². The molecule has 7 heterocycles. The molecule has 3 N–H and O–H groups in total. The zero-order chi connectivity index (χ0) is 41.7. The minimum Gasteiger partial charge on any atom is -0.458 e. The number of ether oxygens (including phenoxy) is 2. The minimum atomic E-state index is -1.51. The van der Waals surface area contributed by atoms with Crippen LogP contribution < -0.4 is 21.0 Å². The third-order valence-electron chi connectivity index (χ3n) is 13.0. The summed E-state index contributed by atoms with van der Waals surface area (Å²) in [6, 6.07) is 7.57. The molecule has 6 aliphatic rings. The van der Waals surface area contributed by atoms with Gasteiger partial charge in [-0.05, 0) is 82.1 Å². The molecule has 3 aromatic rings. The van der Waals surface area contributed by atoms with Crippen LogP contribution in [0.15, 0.2) is 52.7 Å². The Labute approximate surface area is 349 Å². The van der Waals surface area contributed by atoms with Gasteiger partial charge in [0.05, 0.1) is 29.0 Å². The number of piperazine rings is 1. The highest BCUT2D eigenvalue weighted by Gasteiger charge is 2.35. The van der Waals surface area contributed by atoms with Crippen molar-refractivity contribution in [3.8, 4) is 17.1 Å². The van der Waals surface area contributed by atoms with Gasteiger partial charge in [0.25, 0.3) is 11.5 Å². The number of hydrazine groups is 1. The van der Waals surface area contributed by atoms with Crippen LogP contribution in [0.25, 0.3) is 22.3 Å². The Morgan fingerprint density at radius 3 is 2.50 bits per heavy atom. The molecule has 1 aromatic carbocycles. The molecule has 60 heavy (non-hydrogen) atoms. The molecule has 2 saturated heterocycles. The number of carbonyl (C=O) groups excluding carboxylic acids is 3. The molecule has 2 amide bonds. The van der Waals surface area contributed by atoms with E-state index in [9.17, 15) is 24.3 Å². The summed E-state index contributed by atoms with van der Waals surface area (Å²) in [5.74, 6) is 1.27. The van der Waals surface area contributed by atoms with Crippen molar-refractivity contribution in [1.82, 2.24) is 44.9 Å². The predicted molar refractivity (Wildman–Crippen MR) is 223 cm³/mol. The Morgan fingerprint density at radius 2 is 1.77 bits per heavy atom. The second kappa shape index (κ2) is 16.5. The number of likely N-dealkylation sites (tertiary alicyclic amines) is 1. The standard InChI is InChI=1S/C44H55N9O7/c1-48(2)25-32-30-21-28-24-53-36(22-31-33(42(53)56)26-59-43(57)40(31)54)39(28)46-34(30)9-11-37(32)60-44(58)52-19-17-50(18-20-52)23-27-13-15-51(16-14-27)38-12-10-35(49(3)47-38)41(55)45-29-7-5-4-6-8-29/h9-12,21-22,27,29,40,47,54H,4-8,13-20,23-26H2,1-3H3,(H,45,55)/t40-/m0/s1. The molecule has 0 radical (unpaired) electrons. The van der Waals surface area contributed by atoms with E-state index in [-0.39, 0.29) is 47.9 Å². The predicted octanol–water partition coefficient (Wildman–Crippen LogP) is 3.03. The second-order valence-corrected chi connectivity index (χ2v) is 17.4. The largest absolute Gasteiger partial charge is 0.458 e. The van der Waals surface area contributed by atoms with Crippen LogP contribution in [0.3, 0.4) is 0 Å². The maximum Gasteiger partial charge on any atom is 0.415 e. The number of aromatic nitrogens is 2. The molecule has 3 fully saturated rings. The lowest BCUT2D eigenvalue weighted by Crippen LogP contribution is -2.52.